The van der Waals surface area contributed by atoms with Gasteiger partial charge in [-0.1, -0.05) is 23.7 Å². The molecule has 4 nitrogen and oxygen atoms in total. The Balaban J connectivity index is 2.82. The van der Waals surface area contributed by atoms with Crippen molar-refractivity contribution in [3.8, 4) is 11.5 Å². The topological polar surface area (TPSA) is 44.8 Å². The van der Waals surface area contributed by atoms with Gasteiger partial charge in [0.1, 0.15) is 0 Å². The van der Waals surface area contributed by atoms with Gasteiger partial charge in [-0.2, -0.15) is 0 Å². The molecule has 0 bridgehead atoms. The molecule has 1 aromatic carbocycles. The molecular weight excluding hydrogens is 280 g/mol. The van der Waals surface area contributed by atoms with Crippen molar-refractivity contribution in [2.45, 2.75) is 6.92 Å². The van der Waals surface area contributed by atoms with Gasteiger partial charge >= 0.3 is 5.97 Å². The number of ether oxygens (including phenoxy) is 3. The molecule has 0 aliphatic carbocycles. The fourth-order valence-corrected chi connectivity index (χ4v) is 1.63. The minimum absolute atomic E-state index is 0.290. The van der Waals surface area contributed by atoms with Gasteiger partial charge in [0, 0.05) is 11.1 Å². The van der Waals surface area contributed by atoms with Gasteiger partial charge < -0.3 is 14.2 Å². The molecule has 0 unspecified atom stereocenters. The monoisotopic (exact) mass is 296 g/mol. The van der Waals surface area contributed by atoms with Gasteiger partial charge in [0.05, 0.1) is 20.8 Å². The maximum Gasteiger partial charge on any atom is 0.332 e. The van der Waals surface area contributed by atoms with E-state index in [1.165, 1.54) is 6.08 Å². The van der Waals surface area contributed by atoms with E-state index in [0.29, 0.717) is 23.1 Å². The third-order valence-electron chi connectivity index (χ3n) is 2.38. The molecule has 0 spiro atoms. The molecule has 0 radical (unpaired) electrons. The number of rotatable bonds is 6. The molecule has 0 heterocycles. The Morgan fingerprint density at radius 2 is 1.95 bits per heavy atom. The number of methoxy groups -OCH3 is 2. The summed E-state index contributed by atoms with van der Waals surface area (Å²) < 4.78 is 15.1. The Kier molecular flexibility index (Phi) is 6.67. The summed E-state index contributed by atoms with van der Waals surface area (Å²) in [6.45, 7) is 2.05. The molecule has 0 amide bonds. The highest BCUT2D eigenvalue weighted by molar-refractivity contribution is 6.32. The summed E-state index contributed by atoms with van der Waals surface area (Å²) in [6.07, 6.45) is 4.60. The lowest BCUT2D eigenvalue weighted by Crippen LogP contribution is -1.99. The van der Waals surface area contributed by atoms with Crippen LogP contribution < -0.4 is 9.47 Å². The number of benzene rings is 1. The molecule has 0 aliphatic rings. The van der Waals surface area contributed by atoms with Gasteiger partial charge in [-0.15, -0.1) is 0 Å². The lowest BCUT2D eigenvalue weighted by atomic mass is 10.2. The molecule has 0 saturated heterocycles. The predicted octanol–water partition coefficient (Wildman–Crippen LogP) is 3.40. The van der Waals surface area contributed by atoms with Crippen LogP contribution in [0.4, 0.5) is 0 Å². The molecule has 20 heavy (non-hydrogen) atoms. The summed E-state index contributed by atoms with van der Waals surface area (Å²) in [4.78, 5) is 11.2. The van der Waals surface area contributed by atoms with Crippen molar-refractivity contribution < 1.29 is 19.0 Å². The standard InChI is InChI=1S/C15H17ClO4/c1-4-20-15(17)10-12(16)7-5-11-6-8-13(18-2)14(9-11)19-3/h5-10H,4H2,1-3H3/b7-5+,12-10+. The number of carbonyl (C=O) groups is 1. The van der Waals surface area contributed by atoms with Crippen molar-refractivity contribution in [2.24, 2.45) is 0 Å². The van der Waals surface area contributed by atoms with Gasteiger partial charge in [0.25, 0.3) is 0 Å². The van der Waals surface area contributed by atoms with E-state index in [-0.39, 0.29) is 0 Å². The van der Waals surface area contributed by atoms with Crippen molar-refractivity contribution >= 4 is 23.6 Å². The summed E-state index contributed by atoms with van der Waals surface area (Å²) in [6, 6.07) is 5.46. The van der Waals surface area contributed by atoms with Crippen molar-refractivity contribution in [1.82, 2.24) is 0 Å². The zero-order valence-electron chi connectivity index (χ0n) is 11.7. The van der Waals surface area contributed by atoms with Crippen LogP contribution in [-0.2, 0) is 9.53 Å². The Morgan fingerprint density at radius 3 is 2.55 bits per heavy atom. The molecule has 0 saturated carbocycles. The van der Waals surface area contributed by atoms with E-state index < -0.39 is 5.97 Å². The largest absolute Gasteiger partial charge is 0.493 e. The second-order valence-electron chi connectivity index (χ2n) is 3.73. The maximum absolute atomic E-state index is 11.2. The number of halogens is 1. The fourth-order valence-electron chi connectivity index (χ4n) is 1.48. The van der Waals surface area contributed by atoms with E-state index in [0.717, 1.165) is 5.56 Å². The number of hydrogen-bond donors (Lipinski definition) is 0. The van der Waals surface area contributed by atoms with E-state index in [1.54, 1.807) is 39.4 Å². The zero-order chi connectivity index (χ0) is 15.0. The van der Waals surface area contributed by atoms with Crippen LogP contribution in [0, 0.1) is 0 Å². The maximum atomic E-state index is 11.2. The summed E-state index contributed by atoms with van der Waals surface area (Å²) in [5.74, 6) is 0.812. The van der Waals surface area contributed by atoms with E-state index in [4.69, 9.17) is 25.8 Å². The van der Waals surface area contributed by atoms with Crippen LogP contribution in [0.25, 0.3) is 6.08 Å². The molecule has 1 rings (SSSR count). The van der Waals surface area contributed by atoms with Gasteiger partial charge in [0.2, 0.25) is 0 Å². The summed E-state index contributed by atoms with van der Waals surface area (Å²) in [7, 11) is 3.14. The lowest BCUT2D eigenvalue weighted by Gasteiger charge is -2.07. The summed E-state index contributed by atoms with van der Waals surface area (Å²) in [5.41, 5.74) is 0.873. The van der Waals surface area contributed by atoms with Crippen LogP contribution >= 0.6 is 11.6 Å². The smallest absolute Gasteiger partial charge is 0.332 e. The third-order valence-corrected chi connectivity index (χ3v) is 2.62. The fraction of sp³-hybridized carbons (Fsp3) is 0.267. The lowest BCUT2D eigenvalue weighted by molar-refractivity contribution is -0.137. The first-order chi connectivity index (χ1) is 9.60. The number of hydrogen-bond acceptors (Lipinski definition) is 4. The molecule has 0 N–H and O–H groups in total. The number of allylic oxidation sites excluding steroid dienone is 2. The molecule has 108 valence electrons. The highest BCUT2D eigenvalue weighted by Crippen LogP contribution is 2.28. The van der Waals surface area contributed by atoms with E-state index in [9.17, 15) is 4.79 Å². The minimum Gasteiger partial charge on any atom is -0.493 e. The van der Waals surface area contributed by atoms with Crippen LogP contribution in [0.1, 0.15) is 12.5 Å². The van der Waals surface area contributed by atoms with Crippen molar-refractivity contribution in [3.05, 3.63) is 40.9 Å². The van der Waals surface area contributed by atoms with Crippen LogP contribution in [0.15, 0.2) is 35.4 Å². The second-order valence-corrected chi connectivity index (χ2v) is 4.17. The Bertz CT molecular complexity index is 521. The van der Waals surface area contributed by atoms with Crippen molar-refractivity contribution in [2.75, 3.05) is 20.8 Å². The Hall–Kier alpha value is -1.94. The van der Waals surface area contributed by atoms with Gasteiger partial charge in [0.15, 0.2) is 11.5 Å². The first-order valence-corrected chi connectivity index (χ1v) is 6.42. The molecule has 0 aliphatic heterocycles. The van der Waals surface area contributed by atoms with E-state index in [2.05, 4.69) is 0 Å². The summed E-state index contributed by atoms with van der Waals surface area (Å²) >= 11 is 5.91. The Labute approximate surface area is 123 Å². The number of esters is 1. The van der Waals surface area contributed by atoms with Crippen LogP contribution in [0.3, 0.4) is 0 Å². The van der Waals surface area contributed by atoms with Gasteiger partial charge in [-0.05, 0) is 30.7 Å². The molecule has 0 atom stereocenters. The summed E-state index contributed by atoms with van der Waals surface area (Å²) in [5, 5.41) is 0.290. The highest BCUT2D eigenvalue weighted by atomic mass is 35.5. The Morgan fingerprint density at radius 1 is 1.25 bits per heavy atom. The zero-order valence-corrected chi connectivity index (χ0v) is 12.4. The SMILES string of the molecule is CCOC(=O)/C=C(Cl)\C=C\c1ccc(OC)c(OC)c1. The average Bonchev–Trinajstić information content (AvgIpc) is 2.44. The molecule has 0 fully saturated rings. The normalized spacial score (nSPS) is 11.5. The molecule has 0 aromatic heterocycles. The van der Waals surface area contributed by atoms with Crippen LogP contribution in [0.5, 0.6) is 11.5 Å². The molecule has 5 heteroatoms. The molecule has 1 aromatic rings. The quantitative estimate of drug-likeness (QED) is 0.458. The van der Waals surface area contributed by atoms with Crippen LogP contribution in [0.2, 0.25) is 0 Å². The molecular formula is C15H17ClO4. The first-order valence-electron chi connectivity index (χ1n) is 6.04. The second kappa shape index (κ2) is 8.27. The van der Waals surface area contributed by atoms with Crippen molar-refractivity contribution in [3.63, 3.8) is 0 Å². The van der Waals surface area contributed by atoms with Gasteiger partial charge in [-0.25, -0.2) is 4.79 Å². The van der Waals surface area contributed by atoms with E-state index >= 15 is 0 Å². The minimum atomic E-state index is -0.463. The third kappa shape index (κ3) is 4.97. The van der Waals surface area contributed by atoms with E-state index in [1.807, 2.05) is 12.1 Å². The van der Waals surface area contributed by atoms with Crippen LogP contribution in [-0.4, -0.2) is 26.8 Å². The predicted molar refractivity (Wildman–Crippen MR) is 79.1 cm³/mol. The van der Waals surface area contributed by atoms with Gasteiger partial charge in [-0.3, -0.25) is 0 Å². The average molecular weight is 297 g/mol. The highest BCUT2D eigenvalue weighted by Gasteiger charge is 2.03. The first kappa shape index (κ1) is 16.1. The number of carbonyl (C=O) groups excluding carboxylic acids is 1. The van der Waals surface area contributed by atoms with Crippen molar-refractivity contribution in [1.29, 1.82) is 0 Å².